The second-order valence-electron chi connectivity index (χ2n) is 5.58. The number of carbonyl (C=O) groups excluding carboxylic acids is 1. The number of aromatic nitrogens is 3. The van der Waals surface area contributed by atoms with Crippen LogP contribution in [0.3, 0.4) is 0 Å². The summed E-state index contributed by atoms with van der Waals surface area (Å²) in [5, 5.41) is 17.6. The number of aliphatic hydroxyl groups excluding tert-OH is 1. The summed E-state index contributed by atoms with van der Waals surface area (Å²) in [6.07, 6.45) is 1.02. The lowest BCUT2D eigenvalue weighted by Crippen LogP contribution is -2.26. The number of thiazole rings is 1. The Balaban J connectivity index is 1.98. The molecule has 1 unspecified atom stereocenters. The van der Waals surface area contributed by atoms with Gasteiger partial charge in [-0.15, -0.1) is 0 Å². The van der Waals surface area contributed by atoms with Crippen molar-refractivity contribution in [3.8, 4) is 5.13 Å². The summed E-state index contributed by atoms with van der Waals surface area (Å²) in [6.45, 7) is 4.54. The summed E-state index contributed by atoms with van der Waals surface area (Å²) in [5.74, 6) is -0.413. The number of aliphatic hydroxyl groups is 1. The molecule has 0 spiro atoms. The van der Waals surface area contributed by atoms with Gasteiger partial charge in [-0.05, 0) is 26.0 Å². The molecule has 0 aliphatic heterocycles. The lowest BCUT2D eigenvalue weighted by molar-refractivity contribution is 0.0525. The van der Waals surface area contributed by atoms with Gasteiger partial charge in [0, 0.05) is 13.1 Å². The van der Waals surface area contributed by atoms with Crippen LogP contribution in [-0.2, 0) is 11.3 Å². The fraction of sp³-hybridized carbons (Fsp3) is 0.353. The van der Waals surface area contributed by atoms with Gasteiger partial charge in [0.15, 0.2) is 0 Å². The lowest BCUT2D eigenvalue weighted by Gasteiger charge is -2.10. The van der Waals surface area contributed by atoms with E-state index in [-0.39, 0.29) is 0 Å². The van der Waals surface area contributed by atoms with Gasteiger partial charge in [-0.25, -0.2) is 14.5 Å². The predicted molar refractivity (Wildman–Crippen MR) is 96.1 cm³/mol. The molecule has 0 bridgehead atoms. The summed E-state index contributed by atoms with van der Waals surface area (Å²) in [5.41, 5.74) is 1.95. The molecule has 8 heteroatoms. The van der Waals surface area contributed by atoms with Crippen molar-refractivity contribution in [1.29, 1.82) is 0 Å². The molecule has 0 radical (unpaired) electrons. The number of carbonyl (C=O) groups is 1. The Hall–Kier alpha value is -2.29. The fourth-order valence-corrected chi connectivity index (χ4v) is 3.39. The molecule has 3 aromatic rings. The maximum atomic E-state index is 12.2. The molecule has 3 rings (SSSR count). The third kappa shape index (κ3) is 3.87. The molecule has 1 atom stereocenters. The number of hydrogen-bond acceptors (Lipinski definition) is 7. The van der Waals surface area contributed by atoms with Gasteiger partial charge in [-0.1, -0.05) is 23.5 Å². The van der Waals surface area contributed by atoms with Crippen molar-refractivity contribution in [2.45, 2.75) is 26.5 Å². The van der Waals surface area contributed by atoms with E-state index in [2.05, 4.69) is 15.4 Å². The molecule has 132 valence electrons. The Morgan fingerprint density at radius 2 is 2.24 bits per heavy atom. The molecule has 0 amide bonds. The lowest BCUT2D eigenvalue weighted by atomic mass is 10.2. The minimum Gasteiger partial charge on any atom is -0.462 e. The highest BCUT2D eigenvalue weighted by Crippen LogP contribution is 2.26. The molecule has 2 aromatic heterocycles. The fourth-order valence-electron chi connectivity index (χ4n) is 2.44. The van der Waals surface area contributed by atoms with Crippen molar-refractivity contribution in [2.24, 2.45) is 0 Å². The Morgan fingerprint density at radius 3 is 2.96 bits per heavy atom. The van der Waals surface area contributed by atoms with Crippen LogP contribution in [0.25, 0.3) is 15.3 Å². The van der Waals surface area contributed by atoms with Crippen molar-refractivity contribution in [2.75, 3.05) is 13.2 Å². The topological polar surface area (TPSA) is 89.3 Å². The van der Waals surface area contributed by atoms with E-state index in [1.807, 2.05) is 24.3 Å². The number of benzene rings is 1. The number of nitrogens with one attached hydrogen (secondary N) is 1. The predicted octanol–water partition coefficient (Wildman–Crippen LogP) is 2.13. The number of esters is 1. The smallest absolute Gasteiger partial charge is 0.341 e. The van der Waals surface area contributed by atoms with E-state index in [9.17, 15) is 9.90 Å². The van der Waals surface area contributed by atoms with Crippen LogP contribution >= 0.6 is 11.3 Å². The summed E-state index contributed by atoms with van der Waals surface area (Å²) in [4.78, 5) is 16.8. The molecule has 2 N–H and O–H groups in total. The third-order valence-corrected chi connectivity index (χ3v) is 4.57. The molecule has 7 nitrogen and oxygen atoms in total. The first-order valence-electron chi connectivity index (χ1n) is 8.09. The van der Waals surface area contributed by atoms with Crippen LogP contribution in [0.2, 0.25) is 0 Å². The van der Waals surface area contributed by atoms with Gasteiger partial charge in [-0.2, -0.15) is 5.10 Å². The van der Waals surface area contributed by atoms with E-state index in [4.69, 9.17) is 4.74 Å². The molecule has 0 saturated heterocycles. The maximum Gasteiger partial charge on any atom is 0.341 e. The SMILES string of the molecule is CCOC(=O)c1cnn(-c2nc3ccccc3s2)c1CNCC(C)O. The zero-order chi connectivity index (χ0) is 17.8. The number of hydrogen-bond donors (Lipinski definition) is 2. The molecule has 1 aromatic carbocycles. The molecule has 0 fully saturated rings. The number of para-hydroxylation sites is 1. The first kappa shape index (κ1) is 17.5. The van der Waals surface area contributed by atoms with Gasteiger partial charge in [0.2, 0.25) is 5.13 Å². The third-order valence-electron chi connectivity index (χ3n) is 3.56. The number of rotatable bonds is 7. The second kappa shape index (κ2) is 7.73. The van der Waals surface area contributed by atoms with Gasteiger partial charge in [-0.3, -0.25) is 0 Å². The van der Waals surface area contributed by atoms with Gasteiger partial charge >= 0.3 is 5.97 Å². The molecular weight excluding hydrogens is 340 g/mol. The van der Waals surface area contributed by atoms with Crippen molar-refractivity contribution in [3.63, 3.8) is 0 Å². The van der Waals surface area contributed by atoms with E-state index < -0.39 is 12.1 Å². The number of ether oxygens (including phenoxy) is 1. The van der Waals surface area contributed by atoms with E-state index in [1.54, 1.807) is 18.5 Å². The highest BCUT2D eigenvalue weighted by Gasteiger charge is 2.21. The van der Waals surface area contributed by atoms with Crippen LogP contribution in [0.15, 0.2) is 30.5 Å². The zero-order valence-corrected chi connectivity index (χ0v) is 14.9. The van der Waals surface area contributed by atoms with Crippen LogP contribution in [-0.4, -0.2) is 45.1 Å². The summed E-state index contributed by atoms with van der Waals surface area (Å²) < 4.78 is 7.83. The molecule has 0 saturated carbocycles. The quantitative estimate of drug-likeness (QED) is 0.628. The minimum atomic E-state index is -0.482. The van der Waals surface area contributed by atoms with Crippen molar-refractivity contribution in [1.82, 2.24) is 20.1 Å². The first-order valence-corrected chi connectivity index (χ1v) is 8.90. The van der Waals surface area contributed by atoms with Gasteiger partial charge in [0.05, 0.1) is 34.8 Å². The first-order chi connectivity index (χ1) is 12.1. The molecular formula is C17H20N4O3S. The average molecular weight is 360 g/mol. The van der Waals surface area contributed by atoms with Crippen LogP contribution in [0.4, 0.5) is 0 Å². The van der Waals surface area contributed by atoms with Crippen molar-refractivity contribution in [3.05, 3.63) is 41.7 Å². The normalized spacial score (nSPS) is 12.4. The van der Waals surface area contributed by atoms with Crippen molar-refractivity contribution < 1.29 is 14.6 Å². The summed E-state index contributed by atoms with van der Waals surface area (Å²) in [7, 11) is 0. The molecule has 25 heavy (non-hydrogen) atoms. The summed E-state index contributed by atoms with van der Waals surface area (Å²) >= 11 is 1.50. The standard InChI is InChI=1S/C17H20N4O3S/c1-3-24-16(23)12-9-19-21(14(12)10-18-8-11(2)22)17-20-13-6-4-5-7-15(13)25-17/h4-7,9,11,18,22H,3,8,10H2,1-2H3. The van der Waals surface area contributed by atoms with Gasteiger partial charge in [0.1, 0.15) is 5.56 Å². The highest BCUT2D eigenvalue weighted by molar-refractivity contribution is 7.20. The number of nitrogens with zero attached hydrogens (tertiary/aromatic N) is 3. The molecule has 0 aliphatic rings. The monoisotopic (exact) mass is 360 g/mol. The van der Waals surface area contributed by atoms with Gasteiger partial charge in [0.25, 0.3) is 0 Å². The highest BCUT2D eigenvalue weighted by atomic mass is 32.1. The van der Waals surface area contributed by atoms with Crippen LogP contribution in [0.5, 0.6) is 0 Å². The molecule has 0 aliphatic carbocycles. The van der Waals surface area contributed by atoms with E-state index in [0.717, 1.165) is 10.2 Å². The van der Waals surface area contributed by atoms with Crippen LogP contribution in [0, 0.1) is 0 Å². The Kier molecular flexibility index (Phi) is 5.42. The Morgan fingerprint density at radius 1 is 1.44 bits per heavy atom. The Bertz CT molecular complexity index is 839. The van der Waals surface area contributed by atoms with Gasteiger partial charge < -0.3 is 15.2 Å². The Labute approximate surface area is 149 Å². The number of fused-ring (bicyclic) bond motifs is 1. The van der Waals surface area contributed by atoms with E-state index in [0.29, 0.717) is 36.1 Å². The van der Waals surface area contributed by atoms with Crippen molar-refractivity contribution >= 4 is 27.5 Å². The average Bonchev–Trinajstić information content (AvgIpc) is 3.18. The zero-order valence-electron chi connectivity index (χ0n) is 14.1. The van der Waals surface area contributed by atoms with Crippen LogP contribution in [0.1, 0.15) is 29.9 Å². The second-order valence-corrected chi connectivity index (χ2v) is 6.59. The summed E-state index contributed by atoms with van der Waals surface area (Å²) in [6, 6.07) is 7.83. The van der Waals surface area contributed by atoms with E-state index >= 15 is 0 Å². The maximum absolute atomic E-state index is 12.2. The van der Waals surface area contributed by atoms with Crippen LogP contribution < -0.4 is 5.32 Å². The van der Waals surface area contributed by atoms with E-state index in [1.165, 1.54) is 17.5 Å². The minimum absolute atomic E-state index is 0.297. The molecule has 2 heterocycles. The largest absolute Gasteiger partial charge is 0.462 e.